The molecule has 0 radical (unpaired) electrons. The van der Waals surface area contributed by atoms with Crippen LogP contribution in [0.1, 0.15) is 74.3 Å². The van der Waals surface area contributed by atoms with E-state index in [0.717, 1.165) is 29.7 Å². The number of thioether (sulfide) groups is 1. The van der Waals surface area contributed by atoms with Crippen LogP contribution >= 0.6 is 11.8 Å². The third kappa shape index (κ3) is 7.40. The summed E-state index contributed by atoms with van der Waals surface area (Å²) in [6.07, 6.45) is 6.73. The van der Waals surface area contributed by atoms with Crippen molar-refractivity contribution in [2.24, 2.45) is 0 Å². The van der Waals surface area contributed by atoms with E-state index in [-0.39, 0.29) is 17.9 Å². The van der Waals surface area contributed by atoms with E-state index < -0.39 is 0 Å². The van der Waals surface area contributed by atoms with Crippen molar-refractivity contribution < 1.29 is 19.1 Å². The first-order valence-electron chi connectivity index (χ1n) is 12.5. The maximum absolute atomic E-state index is 13.2. The predicted molar refractivity (Wildman–Crippen MR) is 141 cm³/mol. The highest BCUT2D eigenvalue weighted by atomic mass is 32.2. The lowest BCUT2D eigenvalue weighted by atomic mass is 9.94. The summed E-state index contributed by atoms with van der Waals surface area (Å²) in [5.41, 5.74) is 1.50. The lowest BCUT2D eigenvalue weighted by Crippen LogP contribution is -2.39. The number of methoxy groups -OCH3 is 1. The molecule has 0 saturated heterocycles. The number of nitrogens with one attached hydrogen (secondary N) is 1. The molecule has 1 aliphatic carbocycles. The van der Waals surface area contributed by atoms with Crippen molar-refractivity contribution >= 4 is 23.6 Å². The van der Waals surface area contributed by atoms with E-state index >= 15 is 0 Å². The van der Waals surface area contributed by atoms with Gasteiger partial charge in [-0.2, -0.15) is 0 Å². The van der Waals surface area contributed by atoms with E-state index in [4.69, 9.17) is 9.47 Å². The highest BCUT2D eigenvalue weighted by Gasteiger charge is 2.23. The largest absolute Gasteiger partial charge is 0.493 e. The Kier molecular flexibility index (Phi) is 10.3. The number of amides is 2. The second kappa shape index (κ2) is 13.4. The van der Waals surface area contributed by atoms with E-state index in [9.17, 15) is 9.59 Å². The molecule has 2 amide bonds. The van der Waals surface area contributed by atoms with Crippen LogP contribution in [0.5, 0.6) is 11.5 Å². The number of carbonyl (C=O) groups is 2. The smallest absolute Gasteiger partial charge is 0.252 e. The fourth-order valence-corrected chi connectivity index (χ4v) is 5.31. The molecule has 1 atom stereocenters. The molecular weight excluding hydrogens is 460 g/mol. The Labute approximate surface area is 213 Å². The lowest BCUT2D eigenvalue weighted by molar-refractivity contribution is -0.129. The molecule has 1 saturated carbocycles. The molecule has 6 nitrogen and oxygen atoms in total. The van der Waals surface area contributed by atoms with Crippen molar-refractivity contribution in [1.29, 1.82) is 0 Å². The zero-order chi connectivity index (χ0) is 25.2. The Morgan fingerprint density at radius 1 is 1.11 bits per heavy atom. The second-order valence-electron chi connectivity index (χ2n) is 9.04. The number of carbonyl (C=O) groups excluding carboxylic acids is 2. The second-order valence-corrected chi connectivity index (χ2v) is 10.1. The molecular formula is C28H38N2O4S. The Morgan fingerprint density at radius 3 is 2.57 bits per heavy atom. The number of ether oxygens (including phenoxy) is 2. The molecule has 190 valence electrons. The lowest BCUT2D eigenvalue weighted by Gasteiger charge is -2.31. The van der Waals surface area contributed by atoms with Crippen LogP contribution in [0, 0.1) is 0 Å². The number of benzene rings is 2. The van der Waals surface area contributed by atoms with Crippen LogP contribution < -0.4 is 14.8 Å². The van der Waals surface area contributed by atoms with Gasteiger partial charge in [0, 0.05) is 18.0 Å². The maximum Gasteiger partial charge on any atom is 0.252 e. The average Bonchev–Trinajstić information content (AvgIpc) is 2.90. The minimum atomic E-state index is -0.228. The number of rotatable bonds is 11. The van der Waals surface area contributed by atoms with Crippen molar-refractivity contribution in [3.63, 3.8) is 0 Å². The van der Waals surface area contributed by atoms with E-state index in [0.29, 0.717) is 35.5 Å². The van der Waals surface area contributed by atoms with Gasteiger partial charge in [0.2, 0.25) is 5.91 Å². The molecule has 1 fully saturated rings. The van der Waals surface area contributed by atoms with Gasteiger partial charge in [0.1, 0.15) is 0 Å². The maximum atomic E-state index is 13.2. The van der Waals surface area contributed by atoms with Crippen LogP contribution in [-0.2, 0) is 4.79 Å². The Hall–Kier alpha value is -2.67. The summed E-state index contributed by atoms with van der Waals surface area (Å²) in [6, 6.07) is 13.3. The number of hydrogen-bond acceptors (Lipinski definition) is 5. The van der Waals surface area contributed by atoms with Crippen LogP contribution in [0.3, 0.4) is 0 Å². The van der Waals surface area contributed by atoms with Gasteiger partial charge in [-0.15, -0.1) is 11.8 Å². The summed E-state index contributed by atoms with van der Waals surface area (Å²) in [5.74, 6) is 1.61. The molecule has 3 rings (SSSR count). The first-order valence-corrected chi connectivity index (χ1v) is 13.5. The van der Waals surface area contributed by atoms with Gasteiger partial charge in [-0.05, 0) is 56.0 Å². The quantitative estimate of drug-likeness (QED) is 0.393. The van der Waals surface area contributed by atoms with Crippen LogP contribution in [0.15, 0.2) is 47.4 Å². The summed E-state index contributed by atoms with van der Waals surface area (Å²) < 4.78 is 11.2. The fraction of sp³-hybridized carbons (Fsp3) is 0.500. The van der Waals surface area contributed by atoms with Gasteiger partial charge < -0.3 is 19.7 Å². The first kappa shape index (κ1) is 26.9. The van der Waals surface area contributed by atoms with Crippen LogP contribution in [0.25, 0.3) is 0 Å². The molecule has 35 heavy (non-hydrogen) atoms. The van der Waals surface area contributed by atoms with Crippen LogP contribution in [0.2, 0.25) is 0 Å². The molecule has 1 unspecified atom stereocenters. The van der Waals surface area contributed by atoms with E-state index in [2.05, 4.69) is 12.2 Å². The minimum absolute atomic E-state index is 0.114. The molecule has 0 heterocycles. The van der Waals surface area contributed by atoms with E-state index in [1.807, 2.05) is 61.3 Å². The first-order chi connectivity index (χ1) is 16.9. The van der Waals surface area contributed by atoms with Gasteiger partial charge in [-0.1, -0.05) is 44.4 Å². The van der Waals surface area contributed by atoms with E-state index in [1.165, 1.54) is 31.0 Å². The summed E-state index contributed by atoms with van der Waals surface area (Å²) >= 11 is 1.43. The molecule has 0 spiro atoms. The molecule has 0 bridgehead atoms. The fourth-order valence-electron chi connectivity index (χ4n) is 4.34. The third-order valence-corrected chi connectivity index (χ3v) is 7.55. The third-order valence-electron chi connectivity index (χ3n) is 6.50. The van der Waals surface area contributed by atoms with Gasteiger partial charge in [0.05, 0.1) is 31.1 Å². The Bertz CT molecular complexity index is 991. The van der Waals surface area contributed by atoms with Crippen molar-refractivity contribution in [2.75, 3.05) is 26.5 Å². The van der Waals surface area contributed by atoms with Gasteiger partial charge in [0.15, 0.2) is 11.5 Å². The molecule has 2 aromatic carbocycles. The monoisotopic (exact) mass is 498 g/mol. The SMILES string of the molecule is CCCOc1ccc(C(C)NC(=O)c2ccccc2SCC(=O)N(C)C2CCCCC2)cc1OC. The van der Waals surface area contributed by atoms with Crippen molar-refractivity contribution in [2.45, 2.75) is 69.4 Å². The van der Waals surface area contributed by atoms with E-state index in [1.54, 1.807) is 7.11 Å². The summed E-state index contributed by atoms with van der Waals surface area (Å²) in [5, 5.41) is 3.08. The normalized spacial score (nSPS) is 14.7. The van der Waals surface area contributed by atoms with Crippen LogP contribution in [0.4, 0.5) is 0 Å². The van der Waals surface area contributed by atoms with Crippen molar-refractivity contribution in [3.8, 4) is 11.5 Å². The molecule has 0 aromatic heterocycles. The van der Waals surface area contributed by atoms with Crippen molar-refractivity contribution in [1.82, 2.24) is 10.2 Å². The summed E-state index contributed by atoms with van der Waals surface area (Å²) in [6.45, 7) is 4.62. The Balaban J connectivity index is 1.63. The van der Waals surface area contributed by atoms with Gasteiger partial charge >= 0.3 is 0 Å². The average molecular weight is 499 g/mol. The number of hydrogen-bond donors (Lipinski definition) is 1. The molecule has 7 heteroatoms. The summed E-state index contributed by atoms with van der Waals surface area (Å²) in [7, 11) is 3.52. The molecule has 1 aliphatic rings. The molecule has 1 N–H and O–H groups in total. The number of nitrogens with zero attached hydrogens (tertiary/aromatic N) is 1. The highest BCUT2D eigenvalue weighted by Crippen LogP contribution is 2.31. The topological polar surface area (TPSA) is 67.9 Å². The van der Waals surface area contributed by atoms with Gasteiger partial charge in [-0.3, -0.25) is 9.59 Å². The minimum Gasteiger partial charge on any atom is -0.493 e. The van der Waals surface area contributed by atoms with Gasteiger partial charge in [0.25, 0.3) is 5.91 Å². The highest BCUT2D eigenvalue weighted by molar-refractivity contribution is 8.00. The summed E-state index contributed by atoms with van der Waals surface area (Å²) in [4.78, 5) is 28.7. The standard InChI is InChI=1S/C28H38N2O4S/c1-5-17-34-24-16-15-21(18-25(24)33-4)20(2)29-28(32)23-13-9-10-14-26(23)35-19-27(31)30(3)22-11-7-6-8-12-22/h9-10,13-16,18,20,22H,5-8,11-12,17,19H2,1-4H3,(H,29,32). The van der Waals surface area contributed by atoms with Crippen molar-refractivity contribution in [3.05, 3.63) is 53.6 Å². The molecule has 0 aliphatic heterocycles. The zero-order valence-corrected chi connectivity index (χ0v) is 22.2. The molecule has 2 aromatic rings. The Morgan fingerprint density at radius 2 is 1.86 bits per heavy atom. The van der Waals surface area contributed by atoms with Crippen LogP contribution in [-0.4, -0.2) is 49.3 Å². The van der Waals surface area contributed by atoms with Gasteiger partial charge in [-0.25, -0.2) is 0 Å². The zero-order valence-electron chi connectivity index (χ0n) is 21.3. The predicted octanol–water partition coefficient (Wildman–Crippen LogP) is 5.86.